The molecule has 1 aromatic carbocycles. The number of alkyl halides is 1. The van der Waals surface area contributed by atoms with Gasteiger partial charge in [-0.1, -0.05) is 46.7 Å². The first-order valence-electron chi connectivity index (χ1n) is 5.84. The Morgan fingerprint density at radius 2 is 2.18 bits per heavy atom. The molecule has 17 heavy (non-hydrogen) atoms. The van der Waals surface area contributed by atoms with Crippen LogP contribution in [0.25, 0.3) is 11.1 Å². The van der Waals surface area contributed by atoms with Crippen LogP contribution in [0.3, 0.4) is 0 Å². The Hall–Kier alpha value is -0.480. The second-order valence-electron chi connectivity index (χ2n) is 4.17. The molecule has 0 spiro atoms. The fourth-order valence-electron chi connectivity index (χ4n) is 1.59. The number of aromatic nitrogens is 1. The van der Waals surface area contributed by atoms with E-state index in [4.69, 9.17) is 4.42 Å². The Bertz CT molecular complexity index is 438. The minimum absolute atomic E-state index is 0.756. The number of rotatable bonds is 6. The molecular weight excluding hydrogens is 298 g/mol. The van der Waals surface area contributed by atoms with Crippen LogP contribution in [0.15, 0.2) is 33.9 Å². The lowest BCUT2D eigenvalue weighted by atomic mass is 10.1. The van der Waals surface area contributed by atoms with Gasteiger partial charge in [-0.15, -0.1) is 0 Å². The summed E-state index contributed by atoms with van der Waals surface area (Å²) in [5.74, 6) is 1.83. The van der Waals surface area contributed by atoms with Crippen molar-refractivity contribution in [1.29, 1.82) is 0 Å². The van der Waals surface area contributed by atoms with Crippen LogP contribution >= 0.6 is 27.7 Å². The van der Waals surface area contributed by atoms with Crippen LogP contribution in [0, 0.1) is 5.92 Å². The van der Waals surface area contributed by atoms with Crippen molar-refractivity contribution in [2.24, 2.45) is 5.92 Å². The first-order chi connectivity index (χ1) is 8.29. The van der Waals surface area contributed by atoms with Gasteiger partial charge >= 0.3 is 0 Å². The minimum Gasteiger partial charge on any atom is -0.431 e. The predicted molar refractivity (Wildman–Crippen MR) is 76.9 cm³/mol. The lowest BCUT2D eigenvalue weighted by Gasteiger charge is -2.06. The maximum atomic E-state index is 5.65. The molecule has 0 N–H and O–H groups in total. The summed E-state index contributed by atoms with van der Waals surface area (Å²) in [7, 11) is 0. The highest BCUT2D eigenvalue weighted by molar-refractivity contribution is 9.09. The summed E-state index contributed by atoms with van der Waals surface area (Å²) < 4.78 is 5.65. The van der Waals surface area contributed by atoms with E-state index in [0.717, 1.165) is 33.3 Å². The zero-order valence-electron chi connectivity index (χ0n) is 9.86. The molecule has 0 aliphatic rings. The fourth-order valence-corrected chi connectivity index (χ4v) is 3.38. The van der Waals surface area contributed by atoms with Crippen molar-refractivity contribution in [3.8, 4) is 0 Å². The van der Waals surface area contributed by atoms with Gasteiger partial charge in [-0.3, -0.25) is 0 Å². The smallest absolute Gasteiger partial charge is 0.256 e. The molecule has 2 nitrogen and oxygen atoms in total. The van der Waals surface area contributed by atoms with Crippen LogP contribution in [0.2, 0.25) is 0 Å². The van der Waals surface area contributed by atoms with Gasteiger partial charge in [0.05, 0.1) is 0 Å². The monoisotopic (exact) mass is 313 g/mol. The van der Waals surface area contributed by atoms with Crippen molar-refractivity contribution in [2.45, 2.75) is 25.0 Å². The molecule has 0 amide bonds. The molecule has 0 radical (unpaired) electrons. The number of hydrogen-bond donors (Lipinski definition) is 0. The summed E-state index contributed by atoms with van der Waals surface area (Å²) in [5.41, 5.74) is 1.83. The van der Waals surface area contributed by atoms with Gasteiger partial charge < -0.3 is 4.42 Å². The number of oxazole rings is 1. The first-order valence-corrected chi connectivity index (χ1v) is 7.94. The third-order valence-corrected chi connectivity index (χ3v) is 4.03. The van der Waals surface area contributed by atoms with Crippen LogP contribution in [0.1, 0.15) is 19.8 Å². The average molecular weight is 314 g/mol. The quantitative estimate of drug-likeness (QED) is 0.569. The number of thioether (sulfide) groups is 1. The normalized spacial score (nSPS) is 13.1. The summed E-state index contributed by atoms with van der Waals surface area (Å²) in [6.07, 6.45) is 2.43. The van der Waals surface area contributed by atoms with Crippen molar-refractivity contribution in [3.05, 3.63) is 24.3 Å². The predicted octanol–water partition coefficient (Wildman–Crippen LogP) is 4.73. The van der Waals surface area contributed by atoms with Gasteiger partial charge in [-0.25, -0.2) is 4.98 Å². The molecule has 1 unspecified atom stereocenters. The molecule has 1 heterocycles. The minimum atomic E-state index is 0.756. The number of fused-ring (bicyclic) bond motifs is 1. The largest absolute Gasteiger partial charge is 0.431 e. The number of nitrogens with zero attached hydrogens (tertiary/aromatic N) is 1. The van der Waals surface area contributed by atoms with Crippen LogP contribution in [0.5, 0.6) is 0 Å². The Morgan fingerprint density at radius 1 is 1.35 bits per heavy atom. The second-order valence-corrected chi connectivity index (χ2v) is 6.01. The van der Waals surface area contributed by atoms with Crippen molar-refractivity contribution in [2.75, 3.05) is 11.1 Å². The van der Waals surface area contributed by atoms with Crippen molar-refractivity contribution in [3.63, 3.8) is 0 Å². The van der Waals surface area contributed by atoms with Crippen LogP contribution < -0.4 is 0 Å². The van der Waals surface area contributed by atoms with Crippen molar-refractivity contribution < 1.29 is 4.42 Å². The lowest BCUT2D eigenvalue weighted by Crippen LogP contribution is -1.96. The summed E-state index contributed by atoms with van der Waals surface area (Å²) in [6, 6.07) is 7.90. The average Bonchev–Trinajstić information content (AvgIpc) is 2.71. The van der Waals surface area contributed by atoms with Crippen molar-refractivity contribution in [1.82, 2.24) is 4.98 Å². The van der Waals surface area contributed by atoms with E-state index in [2.05, 4.69) is 27.8 Å². The molecule has 0 fully saturated rings. The molecule has 4 heteroatoms. The van der Waals surface area contributed by atoms with E-state index >= 15 is 0 Å². The molecule has 92 valence electrons. The molecule has 0 aliphatic heterocycles. The first kappa shape index (κ1) is 13.0. The van der Waals surface area contributed by atoms with E-state index in [1.165, 1.54) is 12.8 Å². The van der Waals surface area contributed by atoms with Gasteiger partial charge in [0.15, 0.2) is 5.58 Å². The SMILES string of the molecule is CC(CCBr)CCSc1nc2ccccc2o1. The number of halogens is 1. The molecule has 0 bridgehead atoms. The van der Waals surface area contributed by atoms with Gasteiger partial charge in [-0.05, 0) is 30.9 Å². The summed E-state index contributed by atoms with van der Waals surface area (Å²) >= 11 is 5.18. The molecular formula is C13H16BrNOS. The molecule has 1 atom stereocenters. The second kappa shape index (κ2) is 6.45. The van der Waals surface area contributed by atoms with Gasteiger partial charge in [0.1, 0.15) is 5.52 Å². The summed E-state index contributed by atoms with van der Waals surface area (Å²) in [6.45, 7) is 2.29. The number of benzene rings is 1. The van der Waals surface area contributed by atoms with Gasteiger partial charge in [0.25, 0.3) is 5.22 Å². The standard InChI is InChI=1S/C13H16BrNOS/c1-10(6-8-14)7-9-17-13-15-11-4-2-3-5-12(11)16-13/h2-5,10H,6-9H2,1H3. The molecule has 0 aliphatic carbocycles. The van der Waals surface area contributed by atoms with Gasteiger partial charge in [0.2, 0.25) is 0 Å². The Labute approximate surface area is 114 Å². The number of hydrogen-bond acceptors (Lipinski definition) is 3. The highest BCUT2D eigenvalue weighted by atomic mass is 79.9. The maximum absolute atomic E-state index is 5.65. The van der Waals surface area contributed by atoms with Gasteiger partial charge in [0, 0.05) is 11.1 Å². The Balaban J connectivity index is 1.86. The van der Waals surface area contributed by atoms with Crippen LogP contribution in [0.4, 0.5) is 0 Å². The zero-order valence-corrected chi connectivity index (χ0v) is 12.3. The summed E-state index contributed by atoms with van der Waals surface area (Å²) in [4.78, 5) is 4.44. The Kier molecular flexibility index (Phi) is 4.92. The van der Waals surface area contributed by atoms with Crippen LogP contribution in [-0.4, -0.2) is 16.1 Å². The third-order valence-electron chi connectivity index (χ3n) is 2.71. The third kappa shape index (κ3) is 3.75. The number of para-hydroxylation sites is 2. The highest BCUT2D eigenvalue weighted by Gasteiger charge is 2.07. The summed E-state index contributed by atoms with van der Waals surface area (Å²) in [5, 5.41) is 1.87. The zero-order chi connectivity index (χ0) is 12.1. The maximum Gasteiger partial charge on any atom is 0.256 e. The molecule has 2 aromatic rings. The highest BCUT2D eigenvalue weighted by Crippen LogP contribution is 2.25. The van der Waals surface area contributed by atoms with E-state index in [1.807, 2.05) is 24.3 Å². The molecule has 0 saturated carbocycles. The molecule has 1 aromatic heterocycles. The molecule has 0 saturated heterocycles. The van der Waals surface area contributed by atoms with Gasteiger partial charge in [-0.2, -0.15) is 0 Å². The van der Waals surface area contributed by atoms with Crippen molar-refractivity contribution >= 4 is 38.8 Å². The lowest BCUT2D eigenvalue weighted by molar-refractivity contribution is 0.487. The van der Waals surface area contributed by atoms with E-state index in [1.54, 1.807) is 11.8 Å². The van der Waals surface area contributed by atoms with E-state index in [9.17, 15) is 0 Å². The van der Waals surface area contributed by atoms with E-state index in [0.29, 0.717) is 0 Å². The van der Waals surface area contributed by atoms with E-state index in [-0.39, 0.29) is 0 Å². The topological polar surface area (TPSA) is 26.0 Å². The fraction of sp³-hybridized carbons (Fsp3) is 0.462. The Morgan fingerprint density at radius 3 is 2.94 bits per heavy atom. The van der Waals surface area contributed by atoms with E-state index < -0.39 is 0 Å². The molecule has 2 rings (SSSR count). The van der Waals surface area contributed by atoms with Crippen LogP contribution in [-0.2, 0) is 0 Å².